The van der Waals surface area contributed by atoms with Crippen LogP contribution in [-0.2, 0) is 4.74 Å². The van der Waals surface area contributed by atoms with Crippen LogP contribution in [0.15, 0.2) is 29.3 Å². The van der Waals surface area contributed by atoms with Crippen molar-refractivity contribution in [1.82, 2.24) is 10.6 Å². The smallest absolute Gasteiger partial charge is 0.191 e. The molecule has 1 aromatic rings. The first-order valence-corrected chi connectivity index (χ1v) is 9.43. The number of rotatable bonds is 10. The van der Waals surface area contributed by atoms with E-state index in [1.165, 1.54) is 24.0 Å². The van der Waals surface area contributed by atoms with E-state index in [1.54, 1.807) is 0 Å². The van der Waals surface area contributed by atoms with Crippen molar-refractivity contribution in [3.8, 4) is 0 Å². The number of nitrogens with one attached hydrogen (secondary N) is 2. The molecule has 0 aliphatic heterocycles. The van der Waals surface area contributed by atoms with Gasteiger partial charge in [-0.1, -0.05) is 36.8 Å². The van der Waals surface area contributed by atoms with Gasteiger partial charge in [-0.3, -0.25) is 4.99 Å². The SMILES string of the molecule is CCNC(=NCC(O)COCC1CC1)NCC(C)c1cccc(C)c1. The van der Waals surface area contributed by atoms with Crippen molar-refractivity contribution >= 4 is 5.96 Å². The molecule has 3 N–H and O–H groups in total. The summed E-state index contributed by atoms with van der Waals surface area (Å²) in [5, 5.41) is 16.6. The van der Waals surface area contributed by atoms with Crippen molar-refractivity contribution in [2.45, 2.75) is 45.6 Å². The third kappa shape index (κ3) is 7.88. The highest BCUT2D eigenvalue weighted by molar-refractivity contribution is 5.79. The number of nitrogens with zero attached hydrogens (tertiary/aromatic N) is 1. The van der Waals surface area contributed by atoms with Gasteiger partial charge in [-0.2, -0.15) is 0 Å². The van der Waals surface area contributed by atoms with E-state index in [-0.39, 0.29) is 0 Å². The van der Waals surface area contributed by atoms with E-state index in [9.17, 15) is 5.11 Å². The van der Waals surface area contributed by atoms with Crippen molar-refractivity contribution in [2.24, 2.45) is 10.9 Å². The van der Waals surface area contributed by atoms with E-state index in [0.717, 1.165) is 31.6 Å². The average molecular weight is 348 g/mol. The lowest BCUT2D eigenvalue weighted by molar-refractivity contribution is 0.0368. The van der Waals surface area contributed by atoms with E-state index < -0.39 is 6.10 Å². The molecule has 1 aliphatic rings. The van der Waals surface area contributed by atoms with Gasteiger partial charge in [-0.25, -0.2) is 0 Å². The molecule has 0 bridgehead atoms. The van der Waals surface area contributed by atoms with Crippen molar-refractivity contribution in [2.75, 3.05) is 32.8 Å². The zero-order valence-electron chi connectivity index (χ0n) is 15.8. The van der Waals surface area contributed by atoms with E-state index in [4.69, 9.17) is 4.74 Å². The molecule has 1 aliphatic carbocycles. The van der Waals surface area contributed by atoms with Gasteiger partial charge >= 0.3 is 0 Å². The third-order valence-electron chi connectivity index (χ3n) is 4.35. The largest absolute Gasteiger partial charge is 0.389 e. The molecule has 5 heteroatoms. The fourth-order valence-electron chi connectivity index (χ4n) is 2.59. The topological polar surface area (TPSA) is 65.9 Å². The summed E-state index contributed by atoms with van der Waals surface area (Å²) < 4.78 is 5.52. The molecule has 2 unspecified atom stereocenters. The molecule has 0 aromatic heterocycles. The molecule has 2 atom stereocenters. The molecule has 0 saturated heterocycles. The Balaban J connectivity index is 1.75. The summed E-state index contributed by atoms with van der Waals surface area (Å²) in [5.41, 5.74) is 2.59. The van der Waals surface area contributed by atoms with Gasteiger partial charge in [0.25, 0.3) is 0 Å². The fourth-order valence-corrected chi connectivity index (χ4v) is 2.59. The highest BCUT2D eigenvalue weighted by Crippen LogP contribution is 2.28. The molecule has 0 radical (unpaired) electrons. The highest BCUT2D eigenvalue weighted by Gasteiger charge is 2.21. The second-order valence-electron chi connectivity index (χ2n) is 7.05. The zero-order chi connectivity index (χ0) is 18.1. The number of benzene rings is 1. The molecule has 25 heavy (non-hydrogen) atoms. The van der Waals surface area contributed by atoms with Crippen molar-refractivity contribution in [3.63, 3.8) is 0 Å². The number of aryl methyl sites for hydroxylation is 1. The van der Waals surface area contributed by atoms with Gasteiger partial charge in [0.15, 0.2) is 5.96 Å². The molecule has 1 aromatic carbocycles. The van der Waals surface area contributed by atoms with Gasteiger partial charge in [0, 0.05) is 19.7 Å². The van der Waals surface area contributed by atoms with E-state index in [2.05, 4.69) is 53.7 Å². The van der Waals surface area contributed by atoms with Crippen LogP contribution >= 0.6 is 0 Å². The van der Waals surface area contributed by atoms with Gasteiger partial charge in [0.05, 0.1) is 19.3 Å². The Morgan fingerprint density at radius 3 is 2.84 bits per heavy atom. The number of hydrogen-bond acceptors (Lipinski definition) is 3. The minimum absolute atomic E-state index is 0.346. The second-order valence-corrected chi connectivity index (χ2v) is 7.05. The van der Waals surface area contributed by atoms with Crippen LogP contribution in [0.2, 0.25) is 0 Å². The van der Waals surface area contributed by atoms with Crippen molar-refractivity contribution < 1.29 is 9.84 Å². The van der Waals surface area contributed by atoms with E-state index >= 15 is 0 Å². The Morgan fingerprint density at radius 2 is 2.16 bits per heavy atom. The first kappa shape index (κ1) is 19.7. The van der Waals surface area contributed by atoms with E-state index in [0.29, 0.717) is 19.1 Å². The molecule has 0 spiro atoms. The molecule has 0 amide bonds. The summed E-state index contributed by atoms with van der Waals surface area (Å²) in [6.07, 6.45) is 1.98. The Labute approximate surface area is 151 Å². The monoisotopic (exact) mass is 347 g/mol. The number of aliphatic hydroxyl groups is 1. The van der Waals surface area contributed by atoms with Gasteiger partial charge in [0.2, 0.25) is 0 Å². The summed E-state index contributed by atoms with van der Waals surface area (Å²) >= 11 is 0. The van der Waals surface area contributed by atoms with Gasteiger partial charge in [-0.15, -0.1) is 0 Å². The van der Waals surface area contributed by atoms with Crippen LogP contribution in [0, 0.1) is 12.8 Å². The standard InChI is InChI=1S/C20H33N3O2/c1-4-21-20(23-12-19(24)14-25-13-17-8-9-17)22-11-16(3)18-7-5-6-15(2)10-18/h5-7,10,16-17,19,24H,4,8-9,11-14H2,1-3H3,(H2,21,22,23). The molecule has 5 nitrogen and oxygen atoms in total. The first-order valence-electron chi connectivity index (χ1n) is 9.43. The molecule has 1 fully saturated rings. The summed E-state index contributed by atoms with van der Waals surface area (Å²) in [6, 6.07) is 8.59. The minimum Gasteiger partial charge on any atom is -0.389 e. The predicted molar refractivity (Wildman–Crippen MR) is 103 cm³/mol. The number of hydrogen-bond donors (Lipinski definition) is 3. The molecular formula is C20H33N3O2. The maximum Gasteiger partial charge on any atom is 0.191 e. The zero-order valence-corrected chi connectivity index (χ0v) is 15.8. The van der Waals surface area contributed by atoms with E-state index in [1.807, 2.05) is 6.92 Å². The number of aliphatic imine (C=N–C) groups is 1. The number of aliphatic hydroxyl groups excluding tert-OH is 1. The fraction of sp³-hybridized carbons (Fsp3) is 0.650. The van der Waals surface area contributed by atoms with Crippen LogP contribution in [0.1, 0.15) is 43.7 Å². The molecular weight excluding hydrogens is 314 g/mol. The maximum absolute atomic E-state index is 10.00. The minimum atomic E-state index is -0.552. The van der Waals surface area contributed by atoms with Crippen LogP contribution in [-0.4, -0.2) is 50.0 Å². The molecule has 1 saturated carbocycles. The number of guanidine groups is 1. The van der Waals surface area contributed by atoms with Crippen LogP contribution in [0.25, 0.3) is 0 Å². The van der Waals surface area contributed by atoms with Crippen molar-refractivity contribution in [1.29, 1.82) is 0 Å². The normalized spacial score (nSPS) is 17.2. The Kier molecular flexibility index (Phi) is 8.22. The Hall–Kier alpha value is -1.59. The predicted octanol–water partition coefficient (Wildman–Crippen LogP) is 2.44. The molecule has 2 rings (SSSR count). The number of ether oxygens (including phenoxy) is 1. The lowest BCUT2D eigenvalue weighted by Crippen LogP contribution is -2.39. The summed E-state index contributed by atoms with van der Waals surface area (Å²) in [5.74, 6) is 1.84. The molecule has 140 valence electrons. The Bertz CT molecular complexity index is 543. The Morgan fingerprint density at radius 1 is 1.36 bits per heavy atom. The maximum atomic E-state index is 10.00. The quantitative estimate of drug-likeness (QED) is 0.449. The van der Waals surface area contributed by atoms with Crippen LogP contribution in [0.3, 0.4) is 0 Å². The van der Waals surface area contributed by atoms with Gasteiger partial charge in [0.1, 0.15) is 0 Å². The second kappa shape index (κ2) is 10.4. The van der Waals surface area contributed by atoms with Crippen LogP contribution < -0.4 is 10.6 Å². The van der Waals surface area contributed by atoms with Gasteiger partial charge in [-0.05, 0) is 44.1 Å². The van der Waals surface area contributed by atoms with Crippen molar-refractivity contribution in [3.05, 3.63) is 35.4 Å². The van der Waals surface area contributed by atoms with Crippen LogP contribution in [0.4, 0.5) is 0 Å². The summed E-state index contributed by atoms with van der Waals surface area (Å²) in [7, 11) is 0. The lowest BCUT2D eigenvalue weighted by atomic mass is 9.99. The highest BCUT2D eigenvalue weighted by atomic mass is 16.5. The van der Waals surface area contributed by atoms with Gasteiger partial charge < -0.3 is 20.5 Å². The molecule has 0 heterocycles. The summed E-state index contributed by atoms with van der Waals surface area (Å²) in [6.45, 7) is 9.41. The lowest BCUT2D eigenvalue weighted by Gasteiger charge is -2.17. The average Bonchev–Trinajstić information content (AvgIpc) is 3.41. The van der Waals surface area contributed by atoms with Crippen LogP contribution in [0.5, 0.6) is 0 Å². The first-order chi connectivity index (χ1) is 12.1. The third-order valence-corrected chi connectivity index (χ3v) is 4.35. The summed E-state index contributed by atoms with van der Waals surface area (Å²) in [4.78, 5) is 4.47.